The summed E-state index contributed by atoms with van der Waals surface area (Å²) in [6, 6.07) is 7.08. The molecule has 2 aromatic rings. The summed E-state index contributed by atoms with van der Waals surface area (Å²) in [6.45, 7) is 5.05. The molecule has 1 aromatic heterocycles. The van der Waals surface area contributed by atoms with Crippen LogP contribution in [-0.4, -0.2) is 24.8 Å². The maximum atomic E-state index is 14.2. The van der Waals surface area contributed by atoms with Crippen molar-refractivity contribution in [1.29, 1.82) is 0 Å². The van der Waals surface area contributed by atoms with Crippen LogP contribution >= 0.6 is 0 Å². The van der Waals surface area contributed by atoms with E-state index in [1.54, 1.807) is 19.1 Å². The molecule has 2 atom stereocenters. The number of halogens is 4. The van der Waals surface area contributed by atoms with E-state index in [0.717, 1.165) is 11.6 Å². The second kappa shape index (κ2) is 8.47. The van der Waals surface area contributed by atoms with Gasteiger partial charge in [0.2, 0.25) is 0 Å². The lowest BCUT2D eigenvalue weighted by Gasteiger charge is -2.40. The number of nitrogens with two attached hydrogens (primary N) is 1. The lowest BCUT2D eigenvalue weighted by atomic mass is 9.67. The van der Waals surface area contributed by atoms with E-state index in [1.165, 1.54) is 26.2 Å². The molecule has 3 nitrogen and oxygen atoms in total. The first-order valence-corrected chi connectivity index (χ1v) is 9.06. The fourth-order valence-electron chi connectivity index (χ4n) is 3.86. The largest absolute Gasteiger partial charge is 0.496 e. The quantitative estimate of drug-likeness (QED) is 0.677. The third kappa shape index (κ3) is 4.82. The van der Waals surface area contributed by atoms with Crippen LogP contribution in [0.5, 0.6) is 5.75 Å². The van der Waals surface area contributed by atoms with Gasteiger partial charge >= 0.3 is 6.18 Å². The highest BCUT2D eigenvalue weighted by molar-refractivity contribution is 5.41. The average Bonchev–Trinajstić information content (AvgIpc) is 2.58. The van der Waals surface area contributed by atoms with Crippen molar-refractivity contribution in [1.82, 2.24) is 4.98 Å². The first kappa shape index (κ1) is 22.1. The van der Waals surface area contributed by atoms with Crippen LogP contribution in [0.15, 0.2) is 30.3 Å². The van der Waals surface area contributed by atoms with Gasteiger partial charge in [-0.05, 0) is 62.7 Å². The smallest absolute Gasteiger partial charge is 0.393 e. The average molecular weight is 398 g/mol. The van der Waals surface area contributed by atoms with Crippen molar-refractivity contribution in [3.63, 3.8) is 0 Å². The van der Waals surface area contributed by atoms with Gasteiger partial charge in [0.15, 0.2) is 0 Å². The minimum Gasteiger partial charge on any atom is -0.496 e. The maximum absolute atomic E-state index is 14.2. The number of nitrogens with zero attached hydrogens (tertiary/aromatic N) is 1. The van der Waals surface area contributed by atoms with E-state index in [9.17, 15) is 17.6 Å². The molecule has 2 rings (SSSR count). The molecule has 0 radical (unpaired) electrons. The predicted octanol–water partition coefficient (Wildman–Crippen LogP) is 4.87. The van der Waals surface area contributed by atoms with Gasteiger partial charge in [-0.1, -0.05) is 6.92 Å². The van der Waals surface area contributed by atoms with Gasteiger partial charge in [0.05, 0.1) is 13.0 Å². The molecule has 1 heterocycles. The Morgan fingerprint density at radius 1 is 1.14 bits per heavy atom. The molecule has 154 valence electrons. The molecule has 0 saturated carbocycles. The molecule has 0 aliphatic carbocycles. The molecule has 1 aromatic carbocycles. The summed E-state index contributed by atoms with van der Waals surface area (Å²) in [5.74, 6) is -2.22. The van der Waals surface area contributed by atoms with Gasteiger partial charge in [0, 0.05) is 28.8 Å². The van der Waals surface area contributed by atoms with Crippen LogP contribution in [0, 0.1) is 25.6 Å². The SMILES string of the molecule is COc1ccc(F)cc1C(C)(CCN)C(Cc1cc(C)cc(C)n1)C(F)(F)F. The molecular formula is C21H26F4N2O. The minimum absolute atomic E-state index is 0.0157. The Kier molecular flexibility index (Phi) is 6.70. The summed E-state index contributed by atoms with van der Waals surface area (Å²) in [5.41, 5.74) is 6.20. The van der Waals surface area contributed by atoms with Crippen molar-refractivity contribution >= 4 is 0 Å². The number of aryl methyl sites for hydroxylation is 2. The lowest BCUT2D eigenvalue weighted by Crippen LogP contribution is -2.44. The summed E-state index contributed by atoms with van der Waals surface area (Å²) >= 11 is 0. The molecular weight excluding hydrogens is 372 g/mol. The molecule has 0 saturated heterocycles. The Hall–Kier alpha value is -2.15. The van der Waals surface area contributed by atoms with E-state index in [0.29, 0.717) is 11.4 Å². The van der Waals surface area contributed by atoms with Crippen LogP contribution in [0.1, 0.15) is 35.9 Å². The van der Waals surface area contributed by atoms with E-state index in [1.807, 2.05) is 6.92 Å². The van der Waals surface area contributed by atoms with Gasteiger partial charge in [0.1, 0.15) is 11.6 Å². The molecule has 0 amide bonds. The number of alkyl halides is 3. The third-order valence-electron chi connectivity index (χ3n) is 5.17. The van der Waals surface area contributed by atoms with E-state index in [-0.39, 0.29) is 30.7 Å². The number of aromatic nitrogens is 1. The van der Waals surface area contributed by atoms with Crippen molar-refractivity contribution in [2.24, 2.45) is 11.7 Å². The Balaban J connectivity index is 2.64. The Bertz CT molecular complexity index is 802. The van der Waals surface area contributed by atoms with Gasteiger partial charge in [0.25, 0.3) is 0 Å². The minimum atomic E-state index is -4.54. The molecule has 0 spiro atoms. The predicted molar refractivity (Wildman–Crippen MR) is 101 cm³/mol. The Labute approximate surface area is 162 Å². The number of hydrogen-bond acceptors (Lipinski definition) is 3. The molecule has 7 heteroatoms. The van der Waals surface area contributed by atoms with Crippen LogP contribution in [0.4, 0.5) is 17.6 Å². The van der Waals surface area contributed by atoms with E-state index in [4.69, 9.17) is 10.5 Å². The number of rotatable bonds is 7. The normalized spacial score (nSPS) is 15.2. The topological polar surface area (TPSA) is 48.1 Å². The number of ether oxygens (including phenoxy) is 1. The fraction of sp³-hybridized carbons (Fsp3) is 0.476. The maximum Gasteiger partial charge on any atom is 0.393 e. The second-order valence-corrected chi connectivity index (χ2v) is 7.38. The number of pyridine rings is 1. The molecule has 0 fully saturated rings. The summed E-state index contributed by atoms with van der Waals surface area (Å²) in [6.07, 6.45) is -4.86. The van der Waals surface area contributed by atoms with Crippen molar-refractivity contribution in [3.8, 4) is 5.75 Å². The highest BCUT2D eigenvalue weighted by Crippen LogP contribution is 2.48. The summed E-state index contributed by atoms with van der Waals surface area (Å²) in [7, 11) is 1.35. The van der Waals surface area contributed by atoms with Gasteiger partial charge in [-0.2, -0.15) is 13.2 Å². The van der Waals surface area contributed by atoms with Crippen LogP contribution in [0.2, 0.25) is 0 Å². The number of hydrogen-bond donors (Lipinski definition) is 1. The second-order valence-electron chi connectivity index (χ2n) is 7.38. The van der Waals surface area contributed by atoms with Gasteiger partial charge in [-0.15, -0.1) is 0 Å². The van der Waals surface area contributed by atoms with Gasteiger partial charge < -0.3 is 10.5 Å². The monoisotopic (exact) mass is 398 g/mol. The zero-order valence-corrected chi connectivity index (χ0v) is 16.5. The van der Waals surface area contributed by atoms with Crippen LogP contribution < -0.4 is 10.5 Å². The van der Waals surface area contributed by atoms with Crippen molar-refractivity contribution in [2.45, 2.75) is 45.2 Å². The highest BCUT2D eigenvalue weighted by atomic mass is 19.4. The van der Waals surface area contributed by atoms with Crippen LogP contribution in [0.25, 0.3) is 0 Å². The van der Waals surface area contributed by atoms with Crippen molar-refractivity contribution < 1.29 is 22.3 Å². The molecule has 2 unspecified atom stereocenters. The molecule has 0 bridgehead atoms. The third-order valence-corrected chi connectivity index (χ3v) is 5.17. The Morgan fingerprint density at radius 2 is 1.82 bits per heavy atom. The summed E-state index contributed by atoms with van der Waals surface area (Å²) < 4.78 is 62.0. The van der Waals surface area contributed by atoms with Gasteiger partial charge in [-0.25, -0.2) is 4.39 Å². The molecule has 28 heavy (non-hydrogen) atoms. The van der Waals surface area contributed by atoms with Crippen molar-refractivity contribution in [3.05, 3.63) is 58.7 Å². The zero-order chi connectivity index (χ0) is 21.1. The fourth-order valence-corrected chi connectivity index (χ4v) is 3.86. The number of methoxy groups -OCH3 is 1. The molecule has 0 aliphatic rings. The van der Waals surface area contributed by atoms with E-state index in [2.05, 4.69) is 4.98 Å². The van der Waals surface area contributed by atoms with E-state index < -0.39 is 23.3 Å². The summed E-state index contributed by atoms with van der Waals surface area (Å²) in [5, 5.41) is 0. The summed E-state index contributed by atoms with van der Waals surface area (Å²) in [4.78, 5) is 4.28. The first-order valence-electron chi connectivity index (χ1n) is 9.06. The van der Waals surface area contributed by atoms with Crippen LogP contribution in [-0.2, 0) is 11.8 Å². The lowest BCUT2D eigenvalue weighted by molar-refractivity contribution is -0.193. The van der Waals surface area contributed by atoms with E-state index >= 15 is 0 Å². The van der Waals surface area contributed by atoms with Gasteiger partial charge in [-0.3, -0.25) is 4.98 Å². The van der Waals surface area contributed by atoms with Crippen molar-refractivity contribution in [2.75, 3.05) is 13.7 Å². The highest BCUT2D eigenvalue weighted by Gasteiger charge is 2.52. The Morgan fingerprint density at radius 3 is 2.36 bits per heavy atom. The molecule has 0 aliphatic heterocycles. The zero-order valence-electron chi connectivity index (χ0n) is 16.5. The molecule has 2 N–H and O–H groups in total. The van der Waals surface area contributed by atoms with Crippen LogP contribution in [0.3, 0.4) is 0 Å². The number of benzene rings is 1. The first-order chi connectivity index (χ1) is 13.0. The standard InChI is InChI=1S/C21H26F4N2O/c1-13-9-14(2)27-16(10-13)12-19(21(23,24)25)20(3,7-8-26)17-11-15(22)5-6-18(17)28-4/h5-6,9-11,19H,7-8,12,26H2,1-4H3.